The molecule has 1 saturated carbocycles. The summed E-state index contributed by atoms with van der Waals surface area (Å²) in [4.78, 5) is 22.5. The third-order valence-electron chi connectivity index (χ3n) is 4.00. The van der Waals surface area contributed by atoms with Crippen molar-refractivity contribution >= 4 is 21.9 Å². The number of nitrogens with zero attached hydrogens (tertiary/aromatic N) is 1. The maximum Gasteiger partial charge on any atom is 0.307 e. The second-order valence-corrected chi connectivity index (χ2v) is 7.63. The number of rotatable bonds is 5. The van der Waals surface area contributed by atoms with E-state index in [1.807, 2.05) is 0 Å². The van der Waals surface area contributed by atoms with Crippen LogP contribution in [0.1, 0.15) is 26.2 Å². The number of nitrogens with one attached hydrogen (secondary N) is 1. The van der Waals surface area contributed by atoms with Crippen LogP contribution < -0.4 is 5.32 Å². The van der Waals surface area contributed by atoms with Crippen LogP contribution in [0, 0.1) is 11.8 Å². The van der Waals surface area contributed by atoms with Crippen LogP contribution in [0.2, 0.25) is 0 Å². The molecule has 2 atom stereocenters. The Bertz CT molecular complexity index is 496. The molecule has 2 N–H and O–H groups in total. The molecule has 7 nitrogen and oxygen atoms in total. The van der Waals surface area contributed by atoms with Crippen LogP contribution in [0.5, 0.6) is 0 Å². The highest BCUT2D eigenvalue weighted by molar-refractivity contribution is 7.89. The minimum absolute atomic E-state index is 0.0548. The number of sulfonamides is 1. The number of hydrogen-bond acceptors (Lipinski definition) is 4. The first-order chi connectivity index (χ1) is 9.35. The molecule has 1 aliphatic heterocycles. The smallest absolute Gasteiger partial charge is 0.307 e. The molecule has 0 bridgehead atoms. The molecule has 2 aliphatic rings. The molecule has 114 valence electrons. The molecule has 8 heteroatoms. The average molecular weight is 304 g/mol. The summed E-state index contributed by atoms with van der Waals surface area (Å²) < 4.78 is 24.8. The Hall–Kier alpha value is -1.15. The maximum absolute atomic E-state index is 11.8. The van der Waals surface area contributed by atoms with Crippen molar-refractivity contribution in [1.29, 1.82) is 0 Å². The van der Waals surface area contributed by atoms with Gasteiger partial charge in [0.1, 0.15) is 0 Å². The summed E-state index contributed by atoms with van der Waals surface area (Å²) in [5.41, 5.74) is 0. The van der Waals surface area contributed by atoms with E-state index >= 15 is 0 Å². The zero-order valence-corrected chi connectivity index (χ0v) is 12.2. The first-order valence-electron chi connectivity index (χ1n) is 6.86. The SMILES string of the molecule is CCS(=O)(=O)N1CCC(NC(=O)[C@@H]2C[C@@H]2C(=O)O)CC1. The van der Waals surface area contributed by atoms with Crippen LogP contribution in [0.25, 0.3) is 0 Å². The van der Waals surface area contributed by atoms with E-state index in [1.54, 1.807) is 6.92 Å². The molecule has 0 aromatic heterocycles. The predicted octanol–water partition coefficient (Wildman–Crippen LogP) is -0.363. The second-order valence-electron chi connectivity index (χ2n) is 5.37. The number of carbonyl (C=O) groups excluding carboxylic acids is 1. The Kier molecular flexibility index (Phi) is 4.33. The fraction of sp³-hybridized carbons (Fsp3) is 0.833. The minimum atomic E-state index is -3.15. The van der Waals surface area contributed by atoms with Gasteiger partial charge in [-0.3, -0.25) is 9.59 Å². The van der Waals surface area contributed by atoms with Crippen molar-refractivity contribution in [2.75, 3.05) is 18.8 Å². The summed E-state index contributed by atoms with van der Waals surface area (Å²) in [7, 11) is -3.15. The summed E-state index contributed by atoms with van der Waals surface area (Å²) in [6, 6.07) is -0.0548. The molecule has 2 fully saturated rings. The third-order valence-corrected chi connectivity index (χ3v) is 5.88. The van der Waals surface area contributed by atoms with Crippen LogP contribution >= 0.6 is 0 Å². The largest absolute Gasteiger partial charge is 0.481 e. The van der Waals surface area contributed by atoms with Gasteiger partial charge in [0, 0.05) is 19.1 Å². The van der Waals surface area contributed by atoms with Gasteiger partial charge < -0.3 is 10.4 Å². The highest BCUT2D eigenvalue weighted by Crippen LogP contribution is 2.38. The van der Waals surface area contributed by atoms with Crippen LogP contribution in [-0.4, -0.2) is 54.6 Å². The lowest BCUT2D eigenvalue weighted by Gasteiger charge is -2.31. The van der Waals surface area contributed by atoms with Crippen molar-refractivity contribution < 1.29 is 23.1 Å². The molecule has 0 unspecified atom stereocenters. The Balaban J connectivity index is 1.78. The summed E-state index contributed by atoms with van der Waals surface area (Å²) in [6.07, 6.45) is 1.56. The van der Waals surface area contributed by atoms with E-state index < -0.39 is 27.8 Å². The van der Waals surface area contributed by atoms with E-state index in [2.05, 4.69) is 5.32 Å². The standard InChI is InChI=1S/C12H20N2O5S/c1-2-20(18,19)14-5-3-8(4-6-14)13-11(15)9-7-10(9)12(16)17/h8-10H,2-7H2,1H3,(H,13,15)(H,16,17)/t9-,10+/m1/s1. The summed E-state index contributed by atoms with van der Waals surface area (Å²) >= 11 is 0. The van der Waals surface area contributed by atoms with Crippen LogP contribution in [0.15, 0.2) is 0 Å². The number of carbonyl (C=O) groups is 2. The van der Waals surface area contributed by atoms with Gasteiger partial charge in [-0.1, -0.05) is 0 Å². The molecule has 0 aromatic carbocycles. The van der Waals surface area contributed by atoms with Gasteiger partial charge in [0.05, 0.1) is 17.6 Å². The molecular formula is C12H20N2O5S. The number of carboxylic acids is 1. The van der Waals surface area contributed by atoms with E-state index in [0.717, 1.165) is 0 Å². The zero-order chi connectivity index (χ0) is 14.9. The molecule has 20 heavy (non-hydrogen) atoms. The molecule has 1 saturated heterocycles. The van der Waals surface area contributed by atoms with Gasteiger partial charge in [-0.05, 0) is 26.2 Å². The van der Waals surface area contributed by atoms with E-state index in [9.17, 15) is 18.0 Å². The molecule has 0 aromatic rings. The lowest BCUT2D eigenvalue weighted by molar-refractivity contribution is -0.140. The topological polar surface area (TPSA) is 104 Å². The van der Waals surface area contributed by atoms with Gasteiger partial charge in [0.25, 0.3) is 0 Å². The van der Waals surface area contributed by atoms with E-state index in [0.29, 0.717) is 32.4 Å². The average Bonchev–Trinajstić information content (AvgIpc) is 3.20. The Labute approximate surface area is 118 Å². The van der Waals surface area contributed by atoms with Gasteiger partial charge in [0.2, 0.25) is 15.9 Å². The van der Waals surface area contributed by atoms with Crippen molar-refractivity contribution in [2.24, 2.45) is 11.8 Å². The Morgan fingerprint density at radius 1 is 1.25 bits per heavy atom. The molecule has 1 amide bonds. The van der Waals surface area contributed by atoms with Crippen molar-refractivity contribution in [3.05, 3.63) is 0 Å². The van der Waals surface area contributed by atoms with Crippen LogP contribution in [0.3, 0.4) is 0 Å². The third kappa shape index (κ3) is 3.29. The lowest BCUT2D eigenvalue weighted by Crippen LogP contribution is -2.47. The van der Waals surface area contributed by atoms with Gasteiger partial charge in [-0.25, -0.2) is 12.7 Å². The fourth-order valence-corrected chi connectivity index (χ4v) is 3.66. The Morgan fingerprint density at radius 3 is 2.30 bits per heavy atom. The highest BCUT2D eigenvalue weighted by Gasteiger charge is 2.48. The maximum atomic E-state index is 11.8. The lowest BCUT2D eigenvalue weighted by atomic mass is 10.1. The first-order valence-corrected chi connectivity index (χ1v) is 8.47. The highest BCUT2D eigenvalue weighted by atomic mass is 32.2. The van der Waals surface area contributed by atoms with Gasteiger partial charge >= 0.3 is 5.97 Å². The van der Waals surface area contributed by atoms with Gasteiger partial charge in [-0.15, -0.1) is 0 Å². The summed E-state index contributed by atoms with van der Waals surface area (Å²) in [5.74, 6) is -2.00. The van der Waals surface area contributed by atoms with E-state index in [1.165, 1.54) is 4.31 Å². The zero-order valence-electron chi connectivity index (χ0n) is 11.4. The molecule has 1 aliphatic carbocycles. The first kappa shape index (κ1) is 15.2. The van der Waals surface area contributed by atoms with Gasteiger partial charge in [0.15, 0.2) is 0 Å². The minimum Gasteiger partial charge on any atom is -0.481 e. The van der Waals surface area contributed by atoms with Crippen LogP contribution in [-0.2, 0) is 19.6 Å². The normalized spacial score (nSPS) is 28.1. The number of piperidine rings is 1. The molecule has 2 rings (SSSR count). The number of hydrogen-bond donors (Lipinski definition) is 2. The summed E-state index contributed by atoms with van der Waals surface area (Å²) in [6.45, 7) is 2.44. The summed E-state index contributed by atoms with van der Waals surface area (Å²) in [5, 5.41) is 11.6. The number of aliphatic carboxylic acids is 1. The fourth-order valence-electron chi connectivity index (χ4n) is 2.53. The van der Waals surface area contributed by atoms with Crippen LogP contribution in [0.4, 0.5) is 0 Å². The van der Waals surface area contributed by atoms with E-state index in [4.69, 9.17) is 5.11 Å². The molecular weight excluding hydrogens is 284 g/mol. The quantitative estimate of drug-likeness (QED) is 0.721. The monoisotopic (exact) mass is 304 g/mol. The van der Waals surface area contributed by atoms with Crippen molar-refractivity contribution in [3.63, 3.8) is 0 Å². The van der Waals surface area contributed by atoms with E-state index in [-0.39, 0.29) is 17.7 Å². The van der Waals surface area contributed by atoms with Gasteiger partial charge in [-0.2, -0.15) is 0 Å². The van der Waals surface area contributed by atoms with Crippen molar-refractivity contribution in [2.45, 2.75) is 32.2 Å². The second kappa shape index (κ2) is 5.69. The molecule has 1 heterocycles. The van der Waals surface area contributed by atoms with Crippen molar-refractivity contribution in [1.82, 2.24) is 9.62 Å². The molecule has 0 radical (unpaired) electrons. The number of amides is 1. The van der Waals surface area contributed by atoms with Crippen molar-refractivity contribution in [3.8, 4) is 0 Å². The molecule has 0 spiro atoms. The Morgan fingerprint density at radius 2 is 1.85 bits per heavy atom. The predicted molar refractivity (Wildman–Crippen MR) is 71.4 cm³/mol. The number of carboxylic acid groups (broad SMARTS) is 1.